The molecule has 32 heavy (non-hydrogen) atoms. The topological polar surface area (TPSA) is 76.1 Å². The van der Waals surface area contributed by atoms with Crippen LogP contribution in [-0.4, -0.2) is 48.1 Å². The van der Waals surface area contributed by atoms with E-state index in [0.29, 0.717) is 24.5 Å². The molecule has 1 N–H and O–H groups in total. The van der Waals surface area contributed by atoms with Crippen LogP contribution in [0.4, 0.5) is 0 Å². The number of hydrogen-bond donors (Lipinski definition) is 1. The Morgan fingerprint density at radius 3 is 2.56 bits per heavy atom. The smallest absolute Gasteiger partial charge is 0.295 e. The number of aliphatic hydroxyl groups is 1. The van der Waals surface area contributed by atoms with Crippen LogP contribution in [0.3, 0.4) is 0 Å². The molecule has 0 aromatic heterocycles. The largest absolute Gasteiger partial charge is 0.507 e. The minimum atomic E-state index is -0.686. The molecule has 6 heteroatoms. The van der Waals surface area contributed by atoms with Crippen LogP contribution in [0.5, 0.6) is 5.75 Å². The Labute approximate surface area is 188 Å². The lowest BCUT2D eigenvalue weighted by atomic mass is 9.93. The quantitative estimate of drug-likeness (QED) is 0.419. The third kappa shape index (κ3) is 4.02. The van der Waals surface area contributed by atoms with Gasteiger partial charge in [-0.3, -0.25) is 9.59 Å². The number of carbonyl (C=O) groups is 2. The summed E-state index contributed by atoms with van der Waals surface area (Å²) >= 11 is 0. The van der Waals surface area contributed by atoms with Crippen molar-refractivity contribution in [2.75, 3.05) is 20.3 Å². The standard InChI is InChI=1S/C26H29NO5/c1-4-17-8-10-18(11-9-17)23-22(24(28)20-14-16(2)7-12-21(20)31-3)25(29)26(30)27(23)15-19-6-5-13-32-19/h7-12,14,19,23,28H,4-6,13,15H2,1-3H3/b24-22+. The van der Waals surface area contributed by atoms with Crippen molar-refractivity contribution in [3.63, 3.8) is 0 Å². The second-order valence-electron chi connectivity index (χ2n) is 8.39. The van der Waals surface area contributed by atoms with Gasteiger partial charge in [-0.2, -0.15) is 0 Å². The molecule has 2 aliphatic heterocycles. The molecular weight excluding hydrogens is 406 g/mol. The van der Waals surface area contributed by atoms with Crippen LogP contribution in [0.2, 0.25) is 0 Å². The minimum Gasteiger partial charge on any atom is -0.507 e. The van der Waals surface area contributed by atoms with Crippen LogP contribution >= 0.6 is 0 Å². The van der Waals surface area contributed by atoms with Gasteiger partial charge in [0, 0.05) is 13.2 Å². The van der Waals surface area contributed by atoms with Crippen molar-refractivity contribution in [2.45, 2.75) is 45.3 Å². The highest BCUT2D eigenvalue weighted by atomic mass is 16.5. The Balaban J connectivity index is 1.86. The molecule has 0 spiro atoms. The maximum atomic E-state index is 13.2. The van der Waals surface area contributed by atoms with Crippen LogP contribution < -0.4 is 4.74 Å². The highest BCUT2D eigenvalue weighted by Gasteiger charge is 2.47. The van der Waals surface area contributed by atoms with E-state index < -0.39 is 17.7 Å². The van der Waals surface area contributed by atoms with Gasteiger partial charge in [-0.1, -0.05) is 42.8 Å². The molecule has 6 nitrogen and oxygen atoms in total. The van der Waals surface area contributed by atoms with Crippen molar-refractivity contribution in [3.8, 4) is 5.75 Å². The SMILES string of the molecule is CCc1ccc(C2/C(=C(\O)c3cc(C)ccc3OC)C(=O)C(=O)N2CC2CCCO2)cc1. The summed E-state index contributed by atoms with van der Waals surface area (Å²) in [5.74, 6) is -1.08. The summed E-state index contributed by atoms with van der Waals surface area (Å²) in [7, 11) is 1.51. The maximum absolute atomic E-state index is 13.2. The monoisotopic (exact) mass is 435 g/mol. The molecular formula is C26H29NO5. The molecule has 0 bridgehead atoms. The van der Waals surface area contributed by atoms with Gasteiger partial charge >= 0.3 is 0 Å². The van der Waals surface area contributed by atoms with Gasteiger partial charge in [-0.25, -0.2) is 0 Å². The average molecular weight is 436 g/mol. The number of Topliss-reactive ketones (excluding diaryl/α,β-unsaturated/α-hetero) is 1. The molecule has 2 atom stereocenters. The van der Waals surface area contributed by atoms with E-state index in [1.54, 1.807) is 17.0 Å². The second-order valence-corrected chi connectivity index (χ2v) is 8.39. The van der Waals surface area contributed by atoms with E-state index in [2.05, 4.69) is 6.92 Å². The number of nitrogens with zero attached hydrogens (tertiary/aromatic N) is 1. The Morgan fingerprint density at radius 1 is 1.19 bits per heavy atom. The Bertz CT molecular complexity index is 1050. The van der Waals surface area contributed by atoms with E-state index in [1.165, 1.54) is 7.11 Å². The number of aliphatic hydroxyl groups excluding tert-OH is 1. The highest BCUT2D eigenvalue weighted by Crippen LogP contribution is 2.41. The van der Waals surface area contributed by atoms with E-state index in [4.69, 9.17) is 9.47 Å². The summed E-state index contributed by atoms with van der Waals surface area (Å²) in [6.07, 6.45) is 2.55. The van der Waals surface area contributed by atoms with Crippen LogP contribution in [0.25, 0.3) is 5.76 Å². The number of aryl methyl sites for hydroxylation is 2. The summed E-state index contributed by atoms with van der Waals surface area (Å²) in [5.41, 5.74) is 3.33. The number of carbonyl (C=O) groups excluding carboxylic acids is 2. The first-order chi connectivity index (χ1) is 15.4. The van der Waals surface area contributed by atoms with Gasteiger partial charge in [0.25, 0.3) is 11.7 Å². The zero-order valence-corrected chi connectivity index (χ0v) is 18.8. The molecule has 2 heterocycles. The lowest BCUT2D eigenvalue weighted by Gasteiger charge is -2.27. The number of hydrogen-bond acceptors (Lipinski definition) is 5. The van der Waals surface area contributed by atoms with Crippen molar-refractivity contribution < 1.29 is 24.2 Å². The van der Waals surface area contributed by atoms with Gasteiger partial charge in [0.05, 0.1) is 30.4 Å². The van der Waals surface area contributed by atoms with E-state index in [0.717, 1.165) is 36.0 Å². The van der Waals surface area contributed by atoms with Crippen molar-refractivity contribution in [1.82, 2.24) is 4.90 Å². The Kier molecular flexibility index (Phi) is 6.33. The van der Waals surface area contributed by atoms with Crippen molar-refractivity contribution in [2.24, 2.45) is 0 Å². The number of ketones is 1. The van der Waals surface area contributed by atoms with Crippen LogP contribution in [0, 0.1) is 6.92 Å². The summed E-state index contributed by atoms with van der Waals surface area (Å²) in [4.78, 5) is 27.9. The minimum absolute atomic E-state index is 0.0844. The number of likely N-dealkylation sites (tertiary alicyclic amines) is 1. The first-order valence-corrected chi connectivity index (χ1v) is 11.1. The van der Waals surface area contributed by atoms with Crippen LogP contribution in [0.1, 0.15) is 48.1 Å². The third-order valence-electron chi connectivity index (χ3n) is 6.28. The number of rotatable bonds is 6. The highest BCUT2D eigenvalue weighted by molar-refractivity contribution is 6.46. The zero-order valence-electron chi connectivity index (χ0n) is 18.8. The van der Waals surface area contributed by atoms with Gasteiger partial charge in [0.2, 0.25) is 0 Å². The molecule has 2 fully saturated rings. The van der Waals surface area contributed by atoms with Crippen molar-refractivity contribution in [3.05, 3.63) is 70.3 Å². The number of amides is 1. The van der Waals surface area contributed by atoms with Gasteiger partial charge in [0.1, 0.15) is 11.5 Å². The molecule has 2 unspecified atom stereocenters. The number of methoxy groups -OCH3 is 1. The maximum Gasteiger partial charge on any atom is 0.295 e. The van der Waals surface area contributed by atoms with Gasteiger partial charge in [0.15, 0.2) is 0 Å². The fourth-order valence-electron chi connectivity index (χ4n) is 4.51. The predicted molar refractivity (Wildman–Crippen MR) is 122 cm³/mol. The van der Waals surface area contributed by atoms with E-state index in [9.17, 15) is 14.7 Å². The molecule has 0 saturated carbocycles. The van der Waals surface area contributed by atoms with Gasteiger partial charge < -0.3 is 19.5 Å². The first kappa shape index (κ1) is 22.1. The first-order valence-electron chi connectivity index (χ1n) is 11.1. The van der Waals surface area contributed by atoms with Gasteiger partial charge in [-0.15, -0.1) is 0 Å². The summed E-state index contributed by atoms with van der Waals surface area (Å²) in [5, 5.41) is 11.3. The summed E-state index contributed by atoms with van der Waals surface area (Å²) < 4.78 is 11.2. The summed E-state index contributed by atoms with van der Waals surface area (Å²) in [6.45, 7) is 4.94. The van der Waals surface area contributed by atoms with Crippen LogP contribution in [0.15, 0.2) is 48.0 Å². The second kappa shape index (κ2) is 9.17. The zero-order chi connectivity index (χ0) is 22.8. The molecule has 2 aromatic carbocycles. The lowest BCUT2D eigenvalue weighted by Crippen LogP contribution is -2.36. The molecule has 168 valence electrons. The van der Waals surface area contributed by atoms with Crippen LogP contribution in [-0.2, 0) is 20.7 Å². The van der Waals surface area contributed by atoms with Crippen molar-refractivity contribution >= 4 is 17.4 Å². The average Bonchev–Trinajstić information content (AvgIpc) is 3.41. The molecule has 0 aliphatic carbocycles. The van der Waals surface area contributed by atoms with E-state index >= 15 is 0 Å². The molecule has 0 radical (unpaired) electrons. The third-order valence-corrected chi connectivity index (χ3v) is 6.28. The normalized spacial score (nSPS) is 22.5. The number of ether oxygens (including phenoxy) is 2. The van der Waals surface area contributed by atoms with Crippen molar-refractivity contribution in [1.29, 1.82) is 0 Å². The molecule has 2 aliphatic rings. The molecule has 2 aromatic rings. The fourth-order valence-corrected chi connectivity index (χ4v) is 4.51. The summed E-state index contributed by atoms with van der Waals surface area (Å²) in [6, 6.07) is 12.5. The van der Waals surface area contributed by atoms with E-state index in [1.807, 2.05) is 37.3 Å². The fraction of sp³-hybridized carbons (Fsp3) is 0.385. The molecule has 4 rings (SSSR count). The lowest BCUT2D eigenvalue weighted by molar-refractivity contribution is -0.140. The van der Waals surface area contributed by atoms with E-state index in [-0.39, 0.29) is 17.4 Å². The van der Waals surface area contributed by atoms with Gasteiger partial charge in [-0.05, 0) is 49.4 Å². The Hall–Kier alpha value is -3.12. The number of benzene rings is 2. The Morgan fingerprint density at radius 2 is 1.94 bits per heavy atom. The molecule has 1 amide bonds. The predicted octanol–water partition coefficient (Wildman–Crippen LogP) is 4.17. The molecule has 2 saturated heterocycles.